The molecule has 1 aliphatic rings. The highest BCUT2D eigenvalue weighted by molar-refractivity contribution is 5.67. The van der Waals surface area contributed by atoms with Gasteiger partial charge in [-0.05, 0) is 18.4 Å². The maximum Gasteiger partial charge on any atom is 0.306 e. The second kappa shape index (κ2) is 4.11. The van der Waals surface area contributed by atoms with Crippen molar-refractivity contribution in [1.82, 2.24) is 0 Å². The van der Waals surface area contributed by atoms with Crippen molar-refractivity contribution in [3.05, 3.63) is 11.8 Å². The lowest BCUT2D eigenvalue weighted by atomic mass is 10.0. The molecule has 0 aromatic rings. The van der Waals surface area contributed by atoms with E-state index in [-0.39, 0.29) is 6.42 Å². The van der Waals surface area contributed by atoms with Gasteiger partial charge in [0.1, 0.15) is 0 Å². The average Bonchev–Trinajstić information content (AvgIpc) is 2.05. The van der Waals surface area contributed by atoms with E-state index in [1.807, 2.05) is 0 Å². The zero-order valence-electron chi connectivity index (χ0n) is 6.69. The van der Waals surface area contributed by atoms with Crippen molar-refractivity contribution in [2.24, 2.45) is 0 Å². The van der Waals surface area contributed by atoms with Gasteiger partial charge in [-0.2, -0.15) is 0 Å². The number of aliphatic carboxylic acids is 1. The molecule has 1 atom stereocenters. The molecule has 0 aromatic heterocycles. The van der Waals surface area contributed by atoms with Gasteiger partial charge in [-0.3, -0.25) is 4.79 Å². The fourth-order valence-corrected chi connectivity index (χ4v) is 1.13. The average molecular weight is 172 g/mol. The number of hydrogen-bond donors (Lipinski definition) is 2. The Kier molecular flexibility index (Phi) is 3.10. The Labute approximate surface area is 70.5 Å². The van der Waals surface area contributed by atoms with Gasteiger partial charge in [-0.1, -0.05) is 0 Å². The molecule has 0 aromatic carbocycles. The summed E-state index contributed by atoms with van der Waals surface area (Å²) in [6.45, 7) is 0.656. The van der Waals surface area contributed by atoms with E-state index in [2.05, 4.69) is 0 Å². The van der Waals surface area contributed by atoms with E-state index in [1.54, 1.807) is 0 Å². The maximum atomic E-state index is 10.2. The summed E-state index contributed by atoms with van der Waals surface area (Å²) in [5, 5.41) is 17.7. The minimum absolute atomic E-state index is 0.241. The first kappa shape index (κ1) is 9.06. The van der Waals surface area contributed by atoms with E-state index in [0.717, 1.165) is 12.8 Å². The van der Waals surface area contributed by atoms with Gasteiger partial charge in [-0.15, -0.1) is 0 Å². The summed E-state index contributed by atoms with van der Waals surface area (Å²) in [5.74, 6) is -0.992. The lowest BCUT2D eigenvalue weighted by Crippen LogP contribution is -2.18. The number of ether oxygens (including phenoxy) is 1. The quantitative estimate of drug-likeness (QED) is 0.651. The number of carboxylic acids is 1. The van der Waals surface area contributed by atoms with Crippen LogP contribution in [-0.2, 0) is 9.53 Å². The van der Waals surface area contributed by atoms with Crippen molar-refractivity contribution >= 4 is 5.97 Å². The molecule has 0 aliphatic carbocycles. The zero-order chi connectivity index (χ0) is 8.97. The normalized spacial score (nSPS) is 19.2. The summed E-state index contributed by atoms with van der Waals surface area (Å²) >= 11 is 0. The van der Waals surface area contributed by atoms with Crippen molar-refractivity contribution in [1.29, 1.82) is 0 Å². The van der Waals surface area contributed by atoms with Crippen LogP contribution < -0.4 is 0 Å². The van der Waals surface area contributed by atoms with Gasteiger partial charge in [0.25, 0.3) is 0 Å². The number of aliphatic hydroxyl groups excluding tert-OH is 1. The molecule has 0 amide bonds. The lowest BCUT2D eigenvalue weighted by molar-refractivity contribution is -0.138. The number of hydrogen-bond acceptors (Lipinski definition) is 3. The molecule has 1 aliphatic heterocycles. The highest BCUT2D eigenvalue weighted by Gasteiger charge is 2.16. The Hall–Kier alpha value is -1.03. The van der Waals surface area contributed by atoms with E-state index in [0.29, 0.717) is 12.2 Å². The van der Waals surface area contributed by atoms with Crippen LogP contribution in [0.1, 0.15) is 19.3 Å². The Bertz CT molecular complexity index is 197. The number of carboxylic acid groups (broad SMARTS) is 1. The Balaban J connectivity index is 2.44. The van der Waals surface area contributed by atoms with Crippen LogP contribution in [0.15, 0.2) is 11.8 Å². The molecule has 12 heavy (non-hydrogen) atoms. The summed E-state index contributed by atoms with van der Waals surface area (Å²) in [6, 6.07) is 0. The van der Waals surface area contributed by atoms with E-state index < -0.39 is 12.1 Å². The molecule has 4 heteroatoms. The molecule has 0 spiro atoms. The second-order valence-corrected chi connectivity index (χ2v) is 2.78. The van der Waals surface area contributed by atoms with Crippen LogP contribution in [0.2, 0.25) is 0 Å². The number of aliphatic hydroxyl groups is 1. The molecular weight excluding hydrogens is 160 g/mol. The molecule has 1 heterocycles. The highest BCUT2D eigenvalue weighted by Crippen LogP contribution is 2.17. The van der Waals surface area contributed by atoms with Crippen LogP contribution in [0.5, 0.6) is 0 Å². The molecule has 4 nitrogen and oxygen atoms in total. The largest absolute Gasteiger partial charge is 0.501 e. The van der Waals surface area contributed by atoms with Gasteiger partial charge in [0, 0.05) is 0 Å². The predicted octanol–water partition coefficient (Wildman–Crippen LogP) is 0.516. The summed E-state index contributed by atoms with van der Waals surface area (Å²) in [5.41, 5.74) is 0.684. The fraction of sp³-hybridized carbons (Fsp3) is 0.625. The van der Waals surface area contributed by atoms with Crippen molar-refractivity contribution in [2.45, 2.75) is 25.4 Å². The Morgan fingerprint density at radius 3 is 3.00 bits per heavy atom. The van der Waals surface area contributed by atoms with Gasteiger partial charge in [0.05, 0.1) is 25.4 Å². The molecule has 0 fully saturated rings. The van der Waals surface area contributed by atoms with Crippen molar-refractivity contribution in [3.63, 3.8) is 0 Å². The first-order valence-electron chi connectivity index (χ1n) is 3.90. The summed E-state index contributed by atoms with van der Waals surface area (Å²) < 4.78 is 4.97. The first-order chi connectivity index (χ1) is 5.70. The zero-order valence-corrected chi connectivity index (χ0v) is 6.69. The predicted molar refractivity (Wildman–Crippen MR) is 41.5 cm³/mol. The van der Waals surface area contributed by atoms with E-state index in [4.69, 9.17) is 9.84 Å². The first-order valence-corrected chi connectivity index (χ1v) is 3.90. The molecule has 0 saturated carbocycles. The van der Waals surface area contributed by atoms with Gasteiger partial charge in [0.2, 0.25) is 0 Å². The third-order valence-corrected chi connectivity index (χ3v) is 1.76. The van der Waals surface area contributed by atoms with Crippen LogP contribution >= 0.6 is 0 Å². The van der Waals surface area contributed by atoms with Gasteiger partial charge < -0.3 is 14.9 Å². The molecule has 1 rings (SSSR count). The molecular formula is C8H12O4. The van der Waals surface area contributed by atoms with E-state index in [9.17, 15) is 9.90 Å². The third-order valence-electron chi connectivity index (χ3n) is 1.76. The summed E-state index contributed by atoms with van der Waals surface area (Å²) in [6.07, 6.45) is 1.92. The minimum atomic E-state index is -0.992. The maximum absolute atomic E-state index is 10.2. The van der Waals surface area contributed by atoms with Crippen LogP contribution in [-0.4, -0.2) is 28.9 Å². The SMILES string of the molecule is O=C(O)CC(O)C1=COCCC1. The monoisotopic (exact) mass is 172 g/mol. The van der Waals surface area contributed by atoms with Crippen molar-refractivity contribution in [3.8, 4) is 0 Å². The molecule has 0 saturated heterocycles. The standard InChI is InChI=1S/C8H12O4/c9-7(4-8(10)11)6-2-1-3-12-5-6/h5,7,9H,1-4H2,(H,10,11). The van der Waals surface area contributed by atoms with Crippen LogP contribution in [0, 0.1) is 0 Å². The fourth-order valence-electron chi connectivity index (χ4n) is 1.13. The van der Waals surface area contributed by atoms with Gasteiger partial charge in [0.15, 0.2) is 0 Å². The Morgan fingerprint density at radius 2 is 2.50 bits per heavy atom. The van der Waals surface area contributed by atoms with Crippen LogP contribution in [0.4, 0.5) is 0 Å². The molecule has 1 unspecified atom stereocenters. The topological polar surface area (TPSA) is 66.8 Å². The minimum Gasteiger partial charge on any atom is -0.501 e. The smallest absolute Gasteiger partial charge is 0.306 e. The van der Waals surface area contributed by atoms with Gasteiger partial charge >= 0.3 is 5.97 Å². The van der Waals surface area contributed by atoms with E-state index >= 15 is 0 Å². The van der Waals surface area contributed by atoms with Gasteiger partial charge in [-0.25, -0.2) is 0 Å². The number of carbonyl (C=O) groups is 1. The van der Waals surface area contributed by atoms with Crippen molar-refractivity contribution in [2.75, 3.05) is 6.61 Å². The molecule has 68 valence electrons. The third kappa shape index (κ3) is 2.54. The molecule has 0 bridgehead atoms. The van der Waals surface area contributed by atoms with Crippen LogP contribution in [0.25, 0.3) is 0 Å². The lowest BCUT2D eigenvalue weighted by Gasteiger charge is -2.17. The highest BCUT2D eigenvalue weighted by atomic mass is 16.5. The molecule has 0 radical (unpaired) electrons. The van der Waals surface area contributed by atoms with E-state index in [1.165, 1.54) is 6.26 Å². The molecule has 2 N–H and O–H groups in total. The van der Waals surface area contributed by atoms with Crippen LogP contribution in [0.3, 0.4) is 0 Å². The summed E-state index contributed by atoms with van der Waals surface area (Å²) in [7, 11) is 0. The second-order valence-electron chi connectivity index (χ2n) is 2.78. The Morgan fingerprint density at radius 1 is 1.75 bits per heavy atom. The number of rotatable bonds is 3. The van der Waals surface area contributed by atoms with Crippen molar-refractivity contribution < 1.29 is 19.7 Å². The summed E-state index contributed by atoms with van der Waals surface area (Å²) in [4.78, 5) is 10.2.